The van der Waals surface area contributed by atoms with Crippen LogP contribution in [-0.4, -0.2) is 70.7 Å². The summed E-state index contributed by atoms with van der Waals surface area (Å²) in [5.74, 6) is -0.295. The number of rotatable bonds is 14. The Hall–Kier alpha value is -2.00. The van der Waals surface area contributed by atoms with Crippen LogP contribution in [0.1, 0.15) is 37.6 Å². The normalized spacial score (nSPS) is 11.3. The minimum atomic E-state index is -0.299. The standard InChI is InChI=1S/C21H34N2O6/c1-21(2,3)23-20(25)17-5-7-18(8-6-17)22-19(24)9-10-27-13-14-29-16-15-28-12-11-26-4/h5-8H,9-16H2,1-4H3,(H,22,24)(H,23,25). The van der Waals surface area contributed by atoms with Gasteiger partial charge < -0.3 is 29.6 Å². The maximum Gasteiger partial charge on any atom is 0.251 e. The molecule has 0 spiro atoms. The molecule has 1 aromatic rings. The van der Waals surface area contributed by atoms with Crippen molar-refractivity contribution in [1.82, 2.24) is 5.32 Å². The van der Waals surface area contributed by atoms with E-state index in [9.17, 15) is 9.59 Å². The number of anilines is 1. The molecule has 0 saturated carbocycles. The minimum Gasteiger partial charge on any atom is -0.382 e. The molecule has 1 aromatic carbocycles. The third-order valence-electron chi connectivity index (χ3n) is 3.57. The summed E-state index contributed by atoms with van der Waals surface area (Å²) in [4.78, 5) is 24.0. The summed E-state index contributed by atoms with van der Waals surface area (Å²) >= 11 is 0. The van der Waals surface area contributed by atoms with Crippen molar-refractivity contribution in [3.05, 3.63) is 29.8 Å². The lowest BCUT2D eigenvalue weighted by molar-refractivity contribution is -0.117. The van der Waals surface area contributed by atoms with Crippen molar-refractivity contribution in [1.29, 1.82) is 0 Å². The van der Waals surface area contributed by atoms with E-state index < -0.39 is 0 Å². The van der Waals surface area contributed by atoms with Gasteiger partial charge in [-0.3, -0.25) is 9.59 Å². The van der Waals surface area contributed by atoms with E-state index in [0.717, 1.165) is 0 Å². The molecule has 164 valence electrons. The number of nitrogens with one attached hydrogen (secondary N) is 2. The summed E-state index contributed by atoms with van der Waals surface area (Å²) in [6.45, 7) is 9.09. The first-order valence-corrected chi connectivity index (χ1v) is 9.76. The van der Waals surface area contributed by atoms with E-state index in [0.29, 0.717) is 57.5 Å². The molecular weight excluding hydrogens is 376 g/mol. The molecule has 0 radical (unpaired) electrons. The van der Waals surface area contributed by atoms with E-state index in [1.54, 1.807) is 31.4 Å². The third kappa shape index (κ3) is 13.0. The number of carbonyl (C=O) groups is 2. The molecule has 0 aliphatic rings. The molecule has 0 atom stereocenters. The average molecular weight is 411 g/mol. The molecule has 0 heterocycles. The van der Waals surface area contributed by atoms with E-state index in [2.05, 4.69) is 10.6 Å². The van der Waals surface area contributed by atoms with Crippen molar-refractivity contribution in [2.45, 2.75) is 32.7 Å². The predicted molar refractivity (Wildman–Crippen MR) is 111 cm³/mol. The molecule has 2 amide bonds. The van der Waals surface area contributed by atoms with Gasteiger partial charge in [0.15, 0.2) is 0 Å². The average Bonchev–Trinajstić information content (AvgIpc) is 2.65. The summed E-state index contributed by atoms with van der Waals surface area (Å²) in [5.41, 5.74) is 0.886. The number of amides is 2. The van der Waals surface area contributed by atoms with Gasteiger partial charge in [-0.1, -0.05) is 0 Å². The highest BCUT2D eigenvalue weighted by atomic mass is 16.6. The third-order valence-corrected chi connectivity index (χ3v) is 3.57. The molecule has 29 heavy (non-hydrogen) atoms. The maximum absolute atomic E-state index is 12.1. The first-order chi connectivity index (χ1) is 13.8. The molecule has 0 unspecified atom stereocenters. The second kappa shape index (κ2) is 14.1. The highest BCUT2D eigenvalue weighted by molar-refractivity contribution is 5.96. The van der Waals surface area contributed by atoms with Gasteiger partial charge in [-0.25, -0.2) is 0 Å². The van der Waals surface area contributed by atoms with Crippen molar-refractivity contribution < 1.29 is 28.5 Å². The lowest BCUT2D eigenvalue weighted by Crippen LogP contribution is -2.40. The molecular formula is C21H34N2O6. The Morgan fingerprint density at radius 2 is 1.34 bits per heavy atom. The molecule has 0 aliphatic carbocycles. The smallest absolute Gasteiger partial charge is 0.251 e. The molecule has 0 saturated heterocycles. The van der Waals surface area contributed by atoms with Crippen LogP contribution in [0, 0.1) is 0 Å². The zero-order valence-electron chi connectivity index (χ0n) is 17.9. The lowest BCUT2D eigenvalue weighted by Gasteiger charge is -2.20. The summed E-state index contributed by atoms with van der Waals surface area (Å²) in [6.07, 6.45) is 0.242. The van der Waals surface area contributed by atoms with Gasteiger partial charge in [0, 0.05) is 23.9 Å². The van der Waals surface area contributed by atoms with E-state index in [1.807, 2.05) is 20.8 Å². The van der Waals surface area contributed by atoms with Crippen molar-refractivity contribution in [3.8, 4) is 0 Å². The fraction of sp³-hybridized carbons (Fsp3) is 0.619. The Kier molecular flexibility index (Phi) is 12.1. The number of benzene rings is 1. The van der Waals surface area contributed by atoms with E-state index in [-0.39, 0.29) is 23.8 Å². The molecule has 0 aromatic heterocycles. The molecule has 2 N–H and O–H groups in total. The van der Waals surface area contributed by atoms with Crippen LogP contribution in [0.3, 0.4) is 0 Å². The van der Waals surface area contributed by atoms with Gasteiger partial charge in [-0.05, 0) is 45.0 Å². The summed E-state index contributed by atoms with van der Waals surface area (Å²) in [7, 11) is 1.63. The quantitative estimate of drug-likeness (QED) is 0.457. The second-order valence-corrected chi connectivity index (χ2v) is 7.41. The Morgan fingerprint density at radius 1 is 0.828 bits per heavy atom. The molecule has 0 aliphatic heterocycles. The zero-order chi connectivity index (χ0) is 21.5. The van der Waals surface area contributed by atoms with Crippen molar-refractivity contribution in [2.75, 3.05) is 58.7 Å². The van der Waals surface area contributed by atoms with Gasteiger partial charge in [0.05, 0.1) is 52.7 Å². The maximum atomic E-state index is 12.1. The highest BCUT2D eigenvalue weighted by Crippen LogP contribution is 2.11. The van der Waals surface area contributed by atoms with Gasteiger partial charge in [0.2, 0.25) is 5.91 Å². The largest absolute Gasteiger partial charge is 0.382 e. The van der Waals surface area contributed by atoms with Crippen LogP contribution in [0.2, 0.25) is 0 Å². The molecule has 8 nitrogen and oxygen atoms in total. The minimum absolute atomic E-state index is 0.146. The molecule has 0 bridgehead atoms. The number of ether oxygens (including phenoxy) is 4. The van der Waals surface area contributed by atoms with Gasteiger partial charge in [0.25, 0.3) is 5.91 Å². The fourth-order valence-corrected chi connectivity index (χ4v) is 2.19. The van der Waals surface area contributed by atoms with Crippen LogP contribution in [-0.2, 0) is 23.7 Å². The van der Waals surface area contributed by atoms with Crippen LogP contribution < -0.4 is 10.6 Å². The molecule has 0 fully saturated rings. The van der Waals surface area contributed by atoms with Gasteiger partial charge in [-0.15, -0.1) is 0 Å². The summed E-state index contributed by atoms with van der Waals surface area (Å²) in [5, 5.41) is 5.68. The van der Waals surface area contributed by atoms with E-state index in [4.69, 9.17) is 18.9 Å². The number of hydrogen-bond acceptors (Lipinski definition) is 6. The second-order valence-electron chi connectivity index (χ2n) is 7.41. The Labute approximate surface area is 173 Å². The highest BCUT2D eigenvalue weighted by Gasteiger charge is 2.15. The lowest BCUT2D eigenvalue weighted by atomic mass is 10.1. The predicted octanol–water partition coefficient (Wildman–Crippen LogP) is 2.24. The van der Waals surface area contributed by atoms with Crippen molar-refractivity contribution in [3.63, 3.8) is 0 Å². The summed E-state index contributed by atoms with van der Waals surface area (Å²) in [6, 6.07) is 6.78. The number of carbonyl (C=O) groups excluding carboxylic acids is 2. The monoisotopic (exact) mass is 410 g/mol. The van der Waals surface area contributed by atoms with E-state index in [1.165, 1.54) is 0 Å². The van der Waals surface area contributed by atoms with Crippen LogP contribution in [0.5, 0.6) is 0 Å². The molecule has 1 rings (SSSR count). The van der Waals surface area contributed by atoms with Crippen LogP contribution in [0.15, 0.2) is 24.3 Å². The zero-order valence-corrected chi connectivity index (χ0v) is 17.9. The fourth-order valence-electron chi connectivity index (χ4n) is 2.19. The summed E-state index contributed by atoms with van der Waals surface area (Å²) < 4.78 is 20.9. The van der Waals surface area contributed by atoms with Gasteiger partial charge in [0.1, 0.15) is 0 Å². The van der Waals surface area contributed by atoms with Gasteiger partial charge >= 0.3 is 0 Å². The SMILES string of the molecule is COCCOCCOCCOCCC(=O)Nc1ccc(C(=O)NC(C)(C)C)cc1. The van der Waals surface area contributed by atoms with Crippen molar-refractivity contribution in [2.24, 2.45) is 0 Å². The van der Waals surface area contributed by atoms with Crippen molar-refractivity contribution >= 4 is 17.5 Å². The first-order valence-electron chi connectivity index (χ1n) is 9.76. The Morgan fingerprint density at radius 3 is 1.86 bits per heavy atom. The Balaban J connectivity index is 2.12. The van der Waals surface area contributed by atoms with Crippen LogP contribution in [0.25, 0.3) is 0 Å². The topological polar surface area (TPSA) is 95.1 Å². The van der Waals surface area contributed by atoms with Gasteiger partial charge in [-0.2, -0.15) is 0 Å². The van der Waals surface area contributed by atoms with Crippen LogP contribution >= 0.6 is 0 Å². The number of hydrogen-bond donors (Lipinski definition) is 2. The number of methoxy groups -OCH3 is 1. The molecule has 8 heteroatoms. The van der Waals surface area contributed by atoms with Crippen LogP contribution in [0.4, 0.5) is 5.69 Å². The first kappa shape index (κ1) is 25.0. The van der Waals surface area contributed by atoms with E-state index >= 15 is 0 Å². The Bertz CT molecular complexity index is 598.